The first kappa shape index (κ1) is 15.9. The first-order valence-electron chi connectivity index (χ1n) is 6.87. The van der Waals surface area contributed by atoms with Crippen LogP contribution in [0.2, 0.25) is 0 Å². The second-order valence-corrected chi connectivity index (χ2v) is 8.73. The summed E-state index contributed by atoms with van der Waals surface area (Å²) in [6.07, 6.45) is 1.65. The van der Waals surface area contributed by atoms with Crippen LogP contribution in [0.25, 0.3) is 0 Å². The van der Waals surface area contributed by atoms with Crippen molar-refractivity contribution < 1.29 is 8.42 Å². The molecule has 1 heterocycles. The highest BCUT2D eigenvalue weighted by Gasteiger charge is 2.35. The predicted octanol–water partition coefficient (Wildman–Crippen LogP) is 1.26. The summed E-state index contributed by atoms with van der Waals surface area (Å²) in [5.41, 5.74) is 6.33. The topological polar surface area (TPSA) is 63.4 Å². The largest absolute Gasteiger partial charge is 0.326 e. The summed E-state index contributed by atoms with van der Waals surface area (Å²) in [4.78, 5) is 2.29. The Labute approximate surface area is 112 Å². The molecule has 0 aromatic heterocycles. The van der Waals surface area contributed by atoms with Gasteiger partial charge in [-0.15, -0.1) is 0 Å². The van der Waals surface area contributed by atoms with Gasteiger partial charge in [0, 0.05) is 18.6 Å². The molecule has 0 bridgehead atoms. The van der Waals surface area contributed by atoms with Gasteiger partial charge in [-0.25, -0.2) is 8.42 Å². The maximum Gasteiger partial charge on any atom is 0.151 e. The quantitative estimate of drug-likeness (QED) is 0.843. The van der Waals surface area contributed by atoms with E-state index in [0.717, 1.165) is 19.4 Å². The summed E-state index contributed by atoms with van der Waals surface area (Å²) >= 11 is 0. The van der Waals surface area contributed by atoms with Gasteiger partial charge in [0.2, 0.25) is 0 Å². The van der Waals surface area contributed by atoms with Crippen LogP contribution in [0.1, 0.15) is 40.5 Å². The van der Waals surface area contributed by atoms with E-state index in [0.29, 0.717) is 12.3 Å². The lowest BCUT2D eigenvalue weighted by atomic mass is 9.80. The van der Waals surface area contributed by atoms with Crippen molar-refractivity contribution in [1.82, 2.24) is 4.90 Å². The van der Waals surface area contributed by atoms with E-state index in [1.165, 1.54) is 0 Å². The molecule has 0 aromatic carbocycles. The highest BCUT2D eigenvalue weighted by atomic mass is 32.2. The van der Waals surface area contributed by atoms with E-state index in [1.54, 1.807) is 0 Å². The lowest BCUT2D eigenvalue weighted by molar-refractivity contribution is 0.0831. The summed E-state index contributed by atoms with van der Waals surface area (Å²) in [6.45, 7) is 10.1. The van der Waals surface area contributed by atoms with Gasteiger partial charge in [0.1, 0.15) is 0 Å². The molecule has 2 N–H and O–H groups in total. The third kappa shape index (κ3) is 4.21. The maximum atomic E-state index is 11.7. The highest BCUT2D eigenvalue weighted by Crippen LogP contribution is 2.28. The fourth-order valence-corrected chi connectivity index (χ4v) is 4.21. The molecule has 0 aromatic rings. The van der Waals surface area contributed by atoms with Crippen LogP contribution >= 0.6 is 0 Å². The zero-order valence-corrected chi connectivity index (χ0v) is 13.0. The van der Waals surface area contributed by atoms with Crippen LogP contribution in [0, 0.1) is 5.41 Å². The van der Waals surface area contributed by atoms with Gasteiger partial charge in [-0.3, -0.25) is 4.90 Å². The molecule has 108 valence electrons. The minimum absolute atomic E-state index is 0.0729. The van der Waals surface area contributed by atoms with Crippen LogP contribution in [0.3, 0.4) is 0 Å². The average molecular weight is 276 g/mol. The van der Waals surface area contributed by atoms with E-state index in [2.05, 4.69) is 32.6 Å². The molecule has 0 radical (unpaired) electrons. The Balaban J connectivity index is 2.87. The Morgan fingerprint density at radius 3 is 2.33 bits per heavy atom. The van der Waals surface area contributed by atoms with Crippen LogP contribution in [-0.4, -0.2) is 50.0 Å². The van der Waals surface area contributed by atoms with Gasteiger partial charge in [0.05, 0.1) is 11.5 Å². The normalized spacial score (nSPS) is 25.4. The Bertz CT molecular complexity index is 360. The van der Waals surface area contributed by atoms with Crippen molar-refractivity contribution in [3.05, 3.63) is 0 Å². The van der Waals surface area contributed by atoms with E-state index < -0.39 is 9.84 Å². The monoisotopic (exact) mass is 276 g/mol. The van der Waals surface area contributed by atoms with Gasteiger partial charge in [0.15, 0.2) is 9.84 Å². The molecule has 0 amide bonds. The van der Waals surface area contributed by atoms with Crippen LogP contribution in [0.4, 0.5) is 0 Å². The fourth-order valence-electron chi connectivity index (χ4n) is 2.92. The Morgan fingerprint density at radius 2 is 1.83 bits per heavy atom. The number of rotatable bonds is 3. The van der Waals surface area contributed by atoms with Crippen molar-refractivity contribution in [3.8, 4) is 0 Å². The highest BCUT2D eigenvalue weighted by molar-refractivity contribution is 7.91. The van der Waals surface area contributed by atoms with Crippen LogP contribution in [-0.2, 0) is 9.84 Å². The van der Waals surface area contributed by atoms with Gasteiger partial charge in [-0.2, -0.15) is 0 Å². The molecule has 1 aliphatic heterocycles. The summed E-state index contributed by atoms with van der Waals surface area (Å²) in [6, 6.07) is 0.349. The zero-order valence-electron chi connectivity index (χ0n) is 12.1. The molecule has 1 saturated heterocycles. The summed E-state index contributed by atoms with van der Waals surface area (Å²) in [5.74, 6) is 0.595. The van der Waals surface area contributed by atoms with Gasteiger partial charge in [-0.05, 0) is 24.8 Å². The van der Waals surface area contributed by atoms with Gasteiger partial charge in [0.25, 0.3) is 0 Å². The third-order valence-corrected chi connectivity index (χ3v) is 5.46. The SMILES string of the molecule is CCC(N)C(N1CCCS(=O)(=O)CC1)C(C)(C)C. The van der Waals surface area contributed by atoms with Crippen LogP contribution < -0.4 is 5.73 Å². The molecule has 2 atom stereocenters. The number of hydrogen-bond donors (Lipinski definition) is 1. The standard InChI is InChI=1S/C13H28N2O2S/c1-5-11(14)12(13(2,3)4)15-7-6-9-18(16,17)10-8-15/h11-12H,5-10,14H2,1-4H3. The predicted molar refractivity (Wildman–Crippen MR) is 76.4 cm³/mol. The maximum absolute atomic E-state index is 11.7. The molecule has 2 unspecified atom stereocenters. The smallest absolute Gasteiger partial charge is 0.151 e. The lowest BCUT2D eigenvalue weighted by Crippen LogP contribution is -2.55. The first-order chi connectivity index (χ1) is 8.17. The van der Waals surface area contributed by atoms with Crippen molar-refractivity contribution in [2.75, 3.05) is 24.6 Å². The van der Waals surface area contributed by atoms with E-state index in [1.807, 2.05) is 0 Å². The van der Waals surface area contributed by atoms with Gasteiger partial charge >= 0.3 is 0 Å². The molecule has 18 heavy (non-hydrogen) atoms. The van der Waals surface area contributed by atoms with Crippen molar-refractivity contribution in [2.45, 2.75) is 52.6 Å². The molecule has 0 spiro atoms. The van der Waals surface area contributed by atoms with Crippen LogP contribution in [0.5, 0.6) is 0 Å². The molecule has 5 heteroatoms. The Hall–Kier alpha value is -0.130. The molecule has 1 fully saturated rings. The summed E-state index contributed by atoms with van der Waals surface area (Å²) in [5, 5.41) is 0. The summed E-state index contributed by atoms with van der Waals surface area (Å²) < 4.78 is 23.3. The first-order valence-corrected chi connectivity index (χ1v) is 8.69. The molecule has 1 rings (SSSR count). The molecule has 0 saturated carbocycles. The number of sulfone groups is 1. The number of nitrogens with zero attached hydrogens (tertiary/aromatic N) is 1. The van der Waals surface area contributed by atoms with Crippen LogP contribution in [0.15, 0.2) is 0 Å². The zero-order chi connectivity index (χ0) is 14.0. The summed E-state index contributed by atoms with van der Waals surface area (Å²) in [7, 11) is -2.85. The second kappa shape index (κ2) is 5.88. The molecule has 0 aliphatic carbocycles. The molecular formula is C13H28N2O2S. The van der Waals surface area contributed by atoms with Gasteiger partial charge in [-0.1, -0.05) is 27.7 Å². The van der Waals surface area contributed by atoms with E-state index >= 15 is 0 Å². The lowest BCUT2D eigenvalue weighted by Gasteiger charge is -2.43. The van der Waals surface area contributed by atoms with E-state index in [4.69, 9.17) is 5.73 Å². The number of nitrogens with two attached hydrogens (primary N) is 1. The average Bonchev–Trinajstić information content (AvgIpc) is 2.38. The van der Waals surface area contributed by atoms with Crippen molar-refractivity contribution in [3.63, 3.8) is 0 Å². The van der Waals surface area contributed by atoms with Crippen molar-refractivity contribution >= 4 is 9.84 Å². The van der Waals surface area contributed by atoms with Crippen molar-refractivity contribution in [2.24, 2.45) is 11.1 Å². The second-order valence-electron chi connectivity index (χ2n) is 6.42. The van der Waals surface area contributed by atoms with E-state index in [9.17, 15) is 8.42 Å². The minimum atomic E-state index is -2.85. The fraction of sp³-hybridized carbons (Fsp3) is 1.00. The molecule has 4 nitrogen and oxygen atoms in total. The molecular weight excluding hydrogens is 248 g/mol. The van der Waals surface area contributed by atoms with Gasteiger partial charge < -0.3 is 5.73 Å². The Morgan fingerprint density at radius 1 is 1.22 bits per heavy atom. The minimum Gasteiger partial charge on any atom is -0.326 e. The van der Waals surface area contributed by atoms with E-state index in [-0.39, 0.29) is 23.3 Å². The van der Waals surface area contributed by atoms with Crippen molar-refractivity contribution in [1.29, 1.82) is 0 Å². The molecule has 1 aliphatic rings. The third-order valence-electron chi connectivity index (χ3n) is 3.75. The number of hydrogen-bond acceptors (Lipinski definition) is 4. The Kier molecular flexibility index (Phi) is 5.21.